The van der Waals surface area contributed by atoms with Crippen molar-refractivity contribution in [2.75, 3.05) is 18.6 Å². The van der Waals surface area contributed by atoms with Crippen LogP contribution < -0.4 is 21.7 Å². The molecule has 0 aromatic rings. The van der Waals surface area contributed by atoms with Gasteiger partial charge < -0.3 is 31.9 Å². The van der Waals surface area contributed by atoms with Gasteiger partial charge in [0.25, 0.3) is 0 Å². The lowest BCUT2D eigenvalue weighted by Crippen LogP contribution is -2.58. The normalized spacial score (nSPS) is 16.0. The Bertz CT molecular complexity index is 604. The minimum atomic E-state index is -1.47. The molecule has 0 heterocycles. The molecule has 7 N–H and O–H groups in total. The summed E-state index contributed by atoms with van der Waals surface area (Å²) in [5.74, 6) is -2.52. The van der Waals surface area contributed by atoms with Gasteiger partial charge in [0.15, 0.2) is 0 Å². The molecule has 10 nitrogen and oxygen atoms in total. The number of aliphatic carboxylic acids is 1. The number of carboxylic acid groups (broad SMARTS) is 1. The third-order valence-corrected chi connectivity index (χ3v) is 5.58. The van der Waals surface area contributed by atoms with Crippen LogP contribution >= 0.6 is 11.8 Å². The second-order valence-electron chi connectivity index (χ2n) is 8.03. The maximum atomic E-state index is 12.9. The van der Waals surface area contributed by atoms with Crippen LogP contribution in [0.1, 0.15) is 47.0 Å². The first kappa shape index (κ1) is 29.1. The van der Waals surface area contributed by atoms with Crippen LogP contribution in [-0.4, -0.2) is 76.7 Å². The third-order valence-electron chi connectivity index (χ3n) is 4.94. The Kier molecular flexibility index (Phi) is 14.1. The van der Waals surface area contributed by atoms with E-state index in [4.69, 9.17) is 15.9 Å². The second-order valence-corrected chi connectivity index (χ2v) is 9.01. The first-order valence-corrected chi connectivity index (χ1v) is 11.9. The van der Waals surface area contributed by atoms with Gasteiger partial charge in [-0.2, -0.15) is 11.8 Å². The highest BCUT2D eigenvalue weighted by atomic mass is 32.2. The summed E-state index contributed by atoms with van der Waals surface area (Å²) in [5, 5.41) is 25.7. The molecule has 0 saturated heterocycles. The first-order valence-electron chi connectivity index (χ1n) is 10.5. The van der Waals surface area contributed by atoms with Crippen molar-refractivity contribution in [3.8, 4) is 0 Å². The van der Waals surface area contributed by atoms with Gasteiger partial charge in [0.2, 0.25) is 17.7 Å². The molecule has 0 aliphatic carbocycles. The zero-order chi connectivity index (χ0) is 24.1. The molecule has 11 heteroatoms. The molecule has 0 radical (unpaired) electrons. The smallest absolute Gasteiger partial charge is 0.328 e. The van der Waals surface area contributed by atoms with Crippen molar-refractivity contribution < 1.29 is 29.4 Å². The quantitative estimate of drug-likeness (QED) is 0.192. The molecule has 0 aromatic carbocycles. The molecule has 180 valence electrons. The lowest BCUT2D eigenvalue weighted by Gasteiger charge is -2.26. The van der Waals surface area contributed by atoms with E-state index in [-0.39, 0.29) is 18.3 Å². The summed E-state index contributed by atoms with van der Waals surface area (Å²) in [6.45, 7) is 6.70. The molecular formula is C20H38N4O6S. The van der Waals surface area contributed by atoms with Crippen LogP contribution in [-0.2, 0) is 19.2 Å². The largest absolute Gasteiger partial charge is 0.480 e. The van der Waals surface area contributed by atoms with Crippen molar-refractivity contribution in [1.82, 2.24) is 16.0 Å². The average Bonchev–Trinajstić information content (AvgIpc) is 2.71. The van der Waals surface area contributed by atoms with Crippen molar-refractivity contribution in [1.29, 1.82) is 0 Å². The fourth-order valence-corrected chi connectivity index (χ4v) is 3.19. The Morgan fingerprint density at radius 3 is 1.90 bits per heavy atom. The Hall–Kier alpha value is -1.85. The molecule has 0 bridgehead atoms. The van der Waals surface area contributed by atoms with E-state index in [1.165, 1.54) is 11.8 Å². The maximum absolute atomic E-state index is 12.9. The van der Waals surface area contributed by atoms with E-state index in [1.807, 2.05) is 34.0 Å². The van der Waals surface area contributed by atoms with Gasteiger partial charge in [0, 0.05) is 0 Å². The summed E-state index contributed by atoms with van der Waals surface area (Å²) >= 11 is 1.51. The minimum Gasteiger partial charge on any atom is -0.480 e. The number of aliphatic hydroxyl groups excluding tert-OH is 1. The lowest BCUT2D eigenvalue weighted by atomic mass is 9.98. The zero-order valence-corrected chi connectivity index (χ0v) is 19.8. The summed E-state index contributed by atoms with van der Waals surface area (Å²) in [4.78, 5) is 49.1. The number of hydrogen-bond donors (Lipinski definition) is 6. The van der Waals surface area contributed by atoms with E-state index >= 15 is 0 Å². The van der Waals surface area contributed by atoms with Crippen LogP contribution in [0.3, 0.4) is 0 Å². The molecular weight excluding hydrogens is 424 g/mol. The predicted octanol–water partition coefficient (Wildman–Crippen LogP) is -0.310. The fraction of sp³-hybridized carbons (Fsp3) is 0.800. The summed E-state index contributed by atoms with van der Waals surface area (Å²) in [7, 11) is 0. The number of rotatable bonds is 15. The predicted molar refractivity (Wildman–Crippen MR) is 120 cm³/mol. The standard InChI is InChI=1S/C20H38N4O6S/c1-6-12(4)16(21)19(28)22-13(7-8-31-5)17(26)23-14(9-11(2)3)18(27)24-15(10-25)20(29)30/h11-16,25H,6-10,21H2,1-5H3,(H,22,28)(H,23,26)(H,24,27)(H,29,30). The molecule has 0 spiro atoms. The number of carbonyl (C=O) groups excluding carboxylic acids is 3. The summed E-state index contributed by atoms with van der Waals surface area (Å²) in [6, 6.07) is -4.13. The number of amides is 3. The van der Waals surface area contributed by atoms with Crippen LogP contribution in [0.4, 0.5) is 0 Å². The SMILES string of the molecule is CCC(C)C(N)C(=O)NC(CCSC)C(=O)NC(CC(C)C)C(=O)NC(CO)C(=O)O. The number of aliphatic hydroxyl groups is 1. The highest BCUT2D eigenvalue weighted by Crippen LogP contribution is 2.09. The lowest BCUT2D eigenvalue weighted by molar-refractivity contribution is -0.143. The monoisotopic (exact) mass is 462 g/mol. The van der Waals surface area contributed by atoms with Crippen LogP contribution in [0, 0.1) is 11.8 Å². The Morgan fingerprint density at radius 2 is 1.45 bits per heavy atom. The number of nitrogens with two attached hydrogens (primary N) is 1. The van der Waals surface area contributed by atoms with Gasteiger partial charge in [-0.3, -0.25) is 14.4 Å². The van der Waals surface area contributed by atoms with E-state index in [2.05, 4.69) is 16.0 Å². The Labute approximate surface area is 188 Å². The molecule has 0 aromatic heterocycles. The molecule has 0 aliphatic heterocycles. The van der Waals surface area contributed by atoms with Crippen LogP contribution in [0.5, 0.6) is 0 Å². The van der Waals surface area contributed by atoms with E-state index in [0.29, 0.717) is 18.6 Å². The van der Waals surface area contributed by atoms with Gasteiger partial charge in [-0.25, -0.2) is 4.79 Å². The molecule has 0 fully saturated rings. The Morgan fingerprint density at radius 1 is 0.935 bits per heavy atom. The highest BCUT2D eigenvalue weighted by molar-refractivity contribution is 7.98. The van der Waals surface area contributed by atoms with Gasteiger partial charge in [-0.05, 0) is 36.7 Å². The summed E-state index contributed by atoms with van der Waals surface area (Å²) in [5.41, 5.74) is 5.97. The molecule has 31 heavy (non-hydrogen) atoms. The third kappa shape index (κ3) is 10.8. The number of carbonyl (C=O) groups is 4. The molecule has 5 atom stereocenters. The van der Waals surface area contributed by atoms with Crippen LogP contribution in [0.2, 0.25) is 0 Å². The average molecular weight is 463 g/mol. The van der Waals surface area contributed by atoms with E-state index < -0.39 is 54.5 Å². The number of thioether (sulfide) groups is 1. The van der Waals surface area contributed by atoms with Crippen molar-refractivity contribution in [2.24, 2.45) is 17.6 Å². The molecule has 5 unspecified atom stereocenters. The molecule has 0 rings (SSSR count). The van der Waals surface area contributed by atoms with E-state index in [0.717, 1.165) is 0 Å². The molecule has 0 saturated carbocycles. The molecule has 0 aliphatic rings. The number of nitrogens with one attached hydrogen (secondary N) is 3. The minimum absolute atomic E-state index is 0.0199. The van der Waals surface area contributed by atoms with Crippen molar-refractivity contribution >= 4 is 35.5 Å². The van der Waals surface area contributed by atoms with Crippen molar-refractivity contribution in [3.63, 3.8) is 0 Å². The van der Waals surface area contributed by atoms with Crippen molar-refractivity contribution in [3.05, 3.63) is 0 Å². The second kappa shape index (κ2) is 15.0. The van der Waals surface area contributed by atoms with E-state index in [1.54, 1.807) is 0 Å². The van der Waals surface area contributed by atoms with Gasteiger partial charge in [-0.15, -0.1) is 0 Å². The van der Waals surface area contributed by atoms with Crippen LogP contribution in [0.15, 0.2) is 0 Å². The van der Waals surface area contributed by atoms with Crippen molar-refractivity contribution in [2.45, 2.75) is 71.1 Å². The number of hydrogen-bond acceptors (Lipinski definition) is 7. The maximum Gasteiger partial charge on any atom is 0.328 e. The number of carboxylic acids is 1. The van der Waals surface area contributed by atoms with Gasteiger partial charge >= 0.3 is 5.97 Å². The van der Waals surface area contributed by atoms with E-state index in [9.17, 15) is 19.2 Å². The zero-order valence-electron chi connectivity index (χ0n) is 19.0. The first-order chi connectivity index (χ1) is 14.5. The summed E-state index contributed by atoms with van der Waals surface area (Å²) in [6.07, 6.45) is 3.18. The highest BCUT2D eigenvalue weighted by Gasteiger charge is 2.31. The Balaban J connectivity index is 5.40. The molecule has 3 amide bonds. The fourth-order valence-electron chi connectivity index (χ4n) is 2.72. The summed E-state index contributed by atoms with van der Waals surface area (Å²) < 4.78 is 0. The topological polar surface area (TPSA) is 171 Å². The van der Waals surface area contributed by atoms with Crippen LogP contribution in [0.25, 0.3) is 0 Å². The van der Waals surface area contributed by atoms with Gasteiger partial charge in [0.1, 0.15) is 18.1 Å². The van der Waals surface area contributed by atoms with Gasteiger partial charge in [0.05, 0.1) is 12.6 Å². The van der Waals surface area contributed by atoms with Gasteiger partial charge in [-0.1, -0.05) is 34.1 Å².